The Morgan fingerprint density at radius 3 is 2.65 bits per heavy atom. The lowest BCUT2D eigenvalue weighted by Gasteiger charge is -2.25. The van der Waals surface area contributed by atoms with Crippen LogP contribution in [0.1, 0.15) is 24.1 Å². The van der Waals surface area contributed by atoms with E-state index in [-0.39, 0.29) is 0 Å². The number of hydrogen-bond donors (Lipinski definition) is 1. The Balaban J connectivity index is 1.85. The number of hydrogen-bond acceptors (Lipinski definition) is 4. The largest absolute Gasteiger partial charge is 0.399 e. The molecule has 1 aromatic carbocycles. The van der Waals surface area contributed by atoms with Crippen LogP contribution in [0.15, 0.2) is 42.6 Å². The maximum absolute atomic E-state index is 8.97. The number of benzene rings is 1. The molecule has 2 aromatic rings. The number of pyridine rings is 1. The van der Waals surface area contributed by atoms with Gasteiger partial charge in [-0.15, -0.1) is 0 Å². The fraction of sp³-hybridized carbons (Fsp3) is 0.250. The number of nitrogens with zero attached hydrogens (tertiary/aromatic N) is 3. The molecule has 4 nitrogen and oxygen atoms in total. The molecule has 0 unspecified atom stereocenters. The number of rotatable bonds is 4. The van der Waals surface area contributed by atoms with Gasteiger partial charge in [-0.05, 0) is 42.7 Å². The molecule has 0 spiro atoms. The first-order chi connectivity index (χ1) is 9.76. The quantitative estimate of drug-likeness (QED) is 0.862. The second-order valence-electron chi connectivity index (χ2n) is 5.11. The van der Waals surface area contributed by atoms with E-state index in [9.17, 15) is 0 Å². The third-order valence-electron chi connectivity index (χ3n) is 3.51. The lowest BCUT2D eigenvalue weighted by atomic mass is 10.1. The summed E-state index contributed by atoms with van der Waals surface area (Å²) in [7, 11) is 0. The van der Waals surface area contributed by atoms with Gasteiger partial charge < -0.3 is 10.6 Å². The van der Waals surface area contributed by atoms with Gasteiger partial charge in [0.25, 0.3) is 0 Å². The monoisotopic (exact) mass is 264 g/mol. The number of aromatic nitrogens is 1. The van der Waals surface area contributed by atoms with Crippen molar-refractivity contribution in [2.45, 2.75) is 25.4 Å². The zero-order chi connectivity index (χ0) is 13.9. The predicted octanol–water partition coefficient (Wildman–Crippen LogP) is 2.70. The molecule has 100 valence electrons. The molecule has 1 aliphatic rings. The van der Waals surface area contributed by atoms with Crippen molar-refractivity contribution in [3.8, 4) is 6.07 Å². The van der Waals surface area contributed by atoms with Crippen molar-refractivity contribution < 1.29 is 0 Å². The van der Waals surface area contributed by atoms with Crippen molar-refractivity contribution in [2.24, 2.45) is 0 Å². The summed E-state index contributed by atoms with van der Waals surface area (Å²) in [6, 6.07) is 14.4. The average molecular weight is 264 g/mol. The zero-order valence-electron chi connectivity index (χ0n) is 11.2. The highest BCUT2D eigenvalue weighted by atomic mass is 15.2. The van der Waals surface area contributed by atoms with E-state index in [4.69, 9.17) is 11.0 Å². The molecule has 1 heterocycles. The van der Waals surface area contributed by atoms with Gasteiger partial charge in [0.2, 0.25) is 0 Å². The highest BCUT2D eigenvalue weighted by Crippen LogP contribution is 2.33. The van der Waals surface area contributed by atoms with Crippen LogP contribution in [0.3, 0.4) is 0 Å². The normalized spacial score (nSPS) is 13.8. The van der Waals surface area contributed by atoms with Crippen LogP contribution in [0, 0.1) is 11.3 Å². The van der Waals surface area contributed by atoms with Crippen molar-refractivity contribution in [3.05, 3.63) is 53.9 Å². The van der Waals surface area contributed by atoms with Gasteiger partial charge in [0.15, 0.2) is 0 Å². The Morgan fingerprint density at radius 1 is 1.25 bits per heavy atom. The van der Waals surface area contributed by atoms with Gasteiger partial charge in [0.05, 0.1) is 0 Å². The van der Waals surface area contributed by atoms with Gasteiger partial charge in [-0.3, -0.25) is 0 Å². The second-order valence-corrected chi connectivity index (χ2v) is 5.11. The van der Waals surface area contributed by atoms with E-state index in [1.165, 1.54) is 18.4 Å². The van der Waals surface area contributed by atoms with Crippen molar-refractivity contribution in [2.75, 3.05) is 10.6 Å². The third-order valence-corrected chi connectivity index (χ3v) is 3.51. The summed E-state index contributed by atoms with van der Waals surface area (Å²) in [5, 5.41) is 8.97. The van der Waals surface area contributed by atoms with E-state index in [0.717, 1.165) is 17.9 Å². The summed E-state index contributed by atoms with van der Waals surface area (Å²) >= 11 is 0. The minimum Gasteiger partial charge on any atom is -0.399 e. The summed E-state index contributed by atoms with van der Waals surface area (Å²) in [4.78, 5) is 6.38. The topological polar surface area (TPSA) is 65.9 Å². The van der Waals surface area contributed by atoms with Crippen LogP contribution in [0.25, 0.3) is 0 Å². The number of anilines is 2. The first kappa shape index (κ1) is 12.5. The smallest absolute Gasteiger partial charge is 0.142 e. The van der Waals surface area contributed by atoms with Crippen molar-refractivity contribution in [1.29, 1.82) is 5.26 Å². The lowest BCUT2D eigenvalue weighted by molar-refractivity contribution is 0.793. The molecule has 0 atom stereocenters. The number of nitrogen functional groups attached to an aromatic ring is 1. The first-order valence-electron chi connectivity index (χ1n) is 6.73. The second kappa shape index (κ2) is 5.22. The van der Waals surface area contributed by atoms with Crippen LogP contribution in [0.4, 0.5) is 11.4 Å². The molecule has 4 heteroatoms. The molecule has 20 heavy (non-hydrogen) atoms. The molecule has 1 aromatic heterocycles. The molecule has 2 N–H and O–H groups in total. The van der Waals surface area contributed by atoms with E-state index >= 15 is 0 Å². The minimum absolute atomic E-state index is 0.463. The zero-order valence-corrected chi connectivity index (χ0v) is 11.2. The van der Waals surface area contributed by atoms with Crippen LogP contribution in [0.2, 0.25) is 0 Å². The van der Waals surface area contributed by atoms with Crippen LogP contribution in [0.5, 0.6) is 0 Å². The summed E-state index contributed by atoms with van der Waals surface area (Å²) in [5.41, 5.74) is 9.25. The van der Waals surface area contributed by atoms with Crippen molar-refractivity contribution in [1.82, 2.24) is 4.98 Å². The molecule has 0 bridgehead atoms. The molecular weight excluding hydrogens is 248 g/mol. The van der Waals surface area contributed by atoms with Gasteiger partial charge in [-0.25, -0.2) is 4.98 Å². The van der Waals surface area contributed by atoms with E-state index < -0.39 is 0 Å². The maximum atomic E-state index is 8.97. The van der Waals surface area contributed by atoms with Gasteiger partial charge in [0.1, 0.15) is 11.8 Å². The highest BCUT2D eigenvalue weighted by Gasteiger charge is 2.29. The van der Waals surface area contributed by atoms with Gasteiger partial charge in [0, 0.05) is 30.2 Å². The van der Waals surface area contributed by atoms with Crippen LogP contribution < -0.4 is 10.6 Å². The Hall–Kier alpha value is -2.54. The number of nitrogens with two attached hydrogens (primary N) is 1. The SMILES string of the molecule is N#Cc1cc(N(Cc2ccc(N)cc2)C2CC2)ccn1. The molecule has 0 radical (unpaired) electrons. The minimum atomic E-state index is 0.463. The molecule has 1 saturated carbocycles. The summed E-state index contributed by atoms with van der Waals surface area (Å²) < 4.78 is 0. The fourth-order valence-corrected chi connectivity index (χ4v) is 2.30. The molecule has 1 aliphatic carbocycles. The van der Waals surface area contributed by atoms with E-state index in [1.54, 1.807) is 6.20 Å². The van der Waals surface area contributed by atoms with Crippen molar-refractivity contribution in [3.63, 3.8) is 0 Å². The first-order valence-corrected chi connectivity index (χ1v) is 6.73. The van der Waals surface area contributed by atoms with Crippen LogP contribution in [-0.2, 0) is 6.54 Å². The van der Waals surface area contributed by atoms with Gasteiger partial charge in [-0.2, -0.15) is 5.26 Å². The molecule has 0 amide bonds. The van der Waals surface area contributed by atoms with Crippen LogP contribution in [-0.4, -0.2) is 11.0 Å². The summed E-state index contributed by atoms with van der Waals surface area (Å²) in [6.45, 7) is 0.833. The van der Waals surface area contributed by atoms with E-state index in [0.29, 0.717) is 11.7 Å². The summed E-state index contributed by atoms with van der Waals surface area (Å²) in [5.74, 6) is 0. The summed E-state index contributed by atoms with van der Waals surface area (Å²) in [6.07, 6.45) is 4.12. The molecule has 1 fully saturated rings. The van der Waals surface area contributed by atoms with Gasteiger partial charge in [-0.1, -0.05) is 12.1 Å². The lowest BCUT2D eigenvalue weighted by Crippen LogP contribution is -2.25. The van der Waals surface area contributed by atoms with Crippen LogP contribution >= 0.6 is 0 Å². The predicted molar refractivity (Wildman–Crippen MR) is 79.0 cm³/mol. The van der Waals surface area contributed by atoms with Gasteiger partial charge >= 0.3 is 0 Å². The molecule has 0 saturated heterocycles. The molecular formula is C16H16N4. The Bertz CT molecular complexity index is 638. The Kier molecular flexibility index (Phi) is 3.26. The number of nitriles is 1. The maximum Gasteiger partial charge on any atom is 0.142 e. The average Bonchev–Trinajstić information content (AvgIpc) is 3.31. The third kappa shape index (κ3) is 2.72. The molecule has 0 aliphatic heterocycles. The molecule has 3 rings (SSSR count). The Morgan fingerprint density at radius 2 is 2.00 bits per heavy atom. The van der Waals surface area contributed by atoms with Crippen molar-refractivity contribution >= 4 is 11.4 Å². The fourth-order valence-electron chi connectivity index (χ4n) is 2.30. The highest BCUT2D eigenvalue weighted by molar-refractivity contribution is 5.51. The van der Waals surface area contributed by atoms with E-state index in [2.05, 4.69) is 28.1 Å². The van der Waals surface area contributed by atoms with E-state index in [1.807, 2.05) is 24.3 Å². The Labute approximate surface area is 118 Å². The standard InChI is InChI=1S/C16H16N4/c17-10-14-9-16(7-8-19-14)20(15-5-6-15)11-12-1-3-13(18)4-2-12/h1-4,7-9,15H,5-6,11,18H2.